The average molecular weight is 631 g/mol. The van der Waals surface area contributed by atoms with Crippen LogP contribution in [-0.4, -0.2) is 0 Å². The van der Waals surface area contributed by atoms with Crippen molar-refractivity contribution in [2.45, 2.75) is 0 Å². The summed E-state index contributed by atoms with van der Waals surface area (Å²) in [6.45, 7) is 0. The van der Waals surface area contributed by atoms with E-state index < -0.39 is 7.14 Å². The fourth-order valence-electron chi connectivity index (χ4n) is 7.31. The third-order valence-corrected chi connectivity index (χ3v) is 12.7. The molecule has 0 bridgehead atoms. The van der Waals surface area contributed by atoms with Gasteiger partial charge in [-0.2, -0.15) is 0 Å². The molecule has 9 aromatic rings. The Balaban J connectivity index is 1.32. The van der Waals surface area contributed by atoms with Crippen molar-refractivity contribution < 1.29 is 4.57 Å². The second-order valence-electron chi connectivity index (χ2n) is 12.5. The van der Waals surface area contributed by atoms with E-state index in [0.717, 1.165) is 38.2 Å². The van der Waals surface area contributed by atoms with Crippen molar-refractivity contribution in [3.63, 3.8) is 0 Å². The van der Waals surface area contributed by atoms with Crippen molar-refractivity contribution in [3.8, 4) is 33.4 Å². The number of rotatable bonds is 6. The van der Waals surface area contributed by atoms with Crippen molar-refractivity contribution >= 4 is 55.4 Å². The molecule has 2 heteroatoms. The van der Waals surface area contributed by atoms with Crippen molar-refractivity contribution in [2.24, 2.45) is 0 Å². The maximum Gasteiger partial charge on any atom is 0.171 e. The highest BCUT2D eigenvalue weighted by molar-refractivity contribution is 7.85. The summed E-state index contributed by atoms with van der Waals surface area (Å²) in [5.41, 5.74) is 6.67. The van der Waals surface area contributed by atoms with Gasteiger partial charge in [-0.1, -0.05) is 170 Å². The van der Waals surface area contributed by atoms with Gasteiger partial charge in [-0.05, 0) is 83.9 Å². The van der Waals surface area contributed by atoms with Crippen LogP contribution in [0.4, 0.5) is 0 Å². The van der Waals surface area contributed by atoms with Gasteiger partial charge in [0.1, 0.15) is 0 Å². The van der Waals surface area contributed by atoms with E-state index in [1.807, 2.05) is 66.7 Å². The monoisotopic (exact) mass is 630 g/mol. The Morgan fingerprint density at radius 3 is 1.42 bits per heavy atom. The molecule has 0 unspecified atom stereocenters. The molecule has 0 aliphatic heterocycles. The summed E-state index contributed by atoms with van der Waals surface area (Å²) in [4.78, 5) is 0. The zero-order valence-electron chi connectivity index (χ0n) is 26.3. The lowest BCUT2D eigenvalue weighted by Crippen LogP contribution is -2.25. The fraction of sp³-hybridized carbons (Fsp3) is 0. The van der Waals surface area contributed by atoms with Gasteiger partial charge in [0.25, 0.3) is 0 Å². The predicted octanol–water partition coefficient (Wildman–Crippen LogP) is 11.2. The maximum absolute atomic E-state index is 15.8. The Morgan fingerprint density at radius 2 is 0.792 bits per heavy atom. The maximum atomic E-state index is 15.8. The molecule has 0 aliphatic carbocycles. The summed E-state index contributed by atoms with van der Waals surface area (Å²) in [5, 5.41) is 9.96. The number of hydrogen-bond acceptors (Lipinski definition) is 1. The topological polar surface area (TPSA) is 17.1 Å². The molecule has 0 N–H and O–H groups in total. The molecule has 0 fully saturated rings. The van der Waals surface area contributed by atoms with Crippen LogP contribution in [0.15, 0.2) is 188 Å². The lowest BCUT2D eigenvalue weighted by Gasteiger charge is -2.22. The second-order valence-corrected chi connectivity index (χ2v) is 15.2. The molecule has 0 atom stereocenters. The normalized spacial score (nSPS) is 11.8. The van der Waals surface area contributed by atoms with Crippen molar-refractivity contribution in [2.75, 3.05) is 0 Å². The van der Waals surface area contributed by atoms with Crippen LogP contribution in [0, 0.1) is 0 Å². The molecule has 0 saturated carbocycles. The number of benzene rings is 9. The third kappa shape index (κ3) is 4.67. The first-order chi connectivity index (χ1) is 23.7. The van der Waals surface area contributed by atoms with Gasteiger partial charge in [0, 0.05) is 15.9 Å². The Kier molecular flexibility index (Phi) is 6.82. The smallest absolute Gasteiger partial charge is 0.171 e. The van der Waals surface area contributed by atoms with Crippen LogP contribution >= 0.6 is 7.14 Å². The van der Waals surface area contributed by atoms with Crippen molar-refractivity contribution in [1.29, 1.82) is 0 Å². The predicted molar refractivity (Wildman–Crippen MR) is 206 cm³/mol. The highest BCUT2D eigenvalue weighted by Crippen LogP contribution is 2.46. The average Bonchev–Trinajstić information content (AvgIpc) is 3.17. The van der Waals surface area contributed by atoms with Crippen LogP contribution in [0.5, 0.6) is 0 Å². The lowest BCUT2D eigenvalue weighted by atomic mass is 9.89. The summed E-state index contributed by atoms with van der Waals surface area (Å²) < 4.78 is 15.8. The van der Waals surface area contributed by atoms with Crippen LogP contribution in [0.3, 0.4) is 0 Å². The van der Waals surface area contributed by atoms with E-state index in [1.165, 1.54) is 43.4 Å². The molecule has 9 rings (SSSR count). The summed E-state index contributed by atoms with van der Waals surface area (Å²) in [6, 6.07) is 65.7. The molecule has 48 heavy (non-hydrogen) atoms. The Labute approximate surface area is 280 Å². The molecule has 0 heterocycles. The van der Waals surface area contributed by atoms with Crippen molar-refractivity contribution in [3.05, 3.63) is 188 Å². The Bertz CT molecular complexity index is 2550. The van der Waals surface area contributed by atoms with Gasteiger partial charge in [0.05, 0.1) is 0 Å². The van der Waals surface area contributed by atoms with Gasteiger partial charge >= 0.3 is 0 Å². The minimum Gasteiger partial charge on any atom is -0.309 e. The van der Waals surface area contributed by atoms with E-state index in [2.05, 4.69) is 121 Å². The highest BCUT2D eigenvalue weighted by atomic mass is 31.2. The summed E-state index contributed by atoms with van der Waals surface area (Å²) in [5.74, 6) is 0. The first-order valence-corrected chi connectivity index (χ1v) is 18.1. The molecule has 0 aromatic heterocycles. The summed E-state index contributed by atoms with van der Waals surface area (Å²) >= 11 is 0. The van der Waals surface area contributed by atoms with Crippen LogP contribution in [-0.2, 0) is 4.57 Å². The molecule has 0 radical (unpaired) electrons. The second kappa shape index (κ2) is 11.5. The quantitative estimate of drug-likeness (QED) is 0.132. The Hall–Kier alpha value is -5.75. The summed E-state index contributed by atoms with van der Waals surface area (Å²) in [6.07, 6.45) is 0. The SMILES string of the molecule is O=P(c1ccccc1)(c1ccccc1)c1cc(-c2ccc(-c3ccccc3)cc2)cc(-c2ccc3ccc4cccc5ccc2c3c45)c1. The minimum absolute atomic E-state index is 0.824. The van der Waals surface area contributed by atoms with Crippen LogP contribution in [0.25, 0.3) is 65.7 Å². The molecule has 9 aromatic carbocycles. The van der Waals surface area contributed by atoms with E-state index in [0.29, 0.717) is 0 Å². The van der Waals surface area contributed by atoms with Gasteiger partial charge in [-0.15, -0.1) is 0 Å². The molecule has 0 amide bonds. The van der Waals surface area contributed by atoms with E-state index in [-0.39, 0.29) is 0 Å². The zero-order chi connectivity index (χ0) is 32.1. The largest absolute Gasteiger partial charge is 0.309 e. The summed E-state index contributed by atoms with van der Waals surface area (Å²) in [7, 11) is -3.25. The van der Waals surface area contributed by atoms with E-state index in [1.54, 1.807) is 0 Å². The minimum atomic E-state index is -3.25. The first-order valence-electron chi connectivity index (χ1n) is 16.4. The molecule has 0 spiro atoms. The van der Waals surface area contributed by atoms with Crippen molar-refractivity contribution in [1.82, 2.24) is 0 Å². The lowest BCUT2D eigenvalue weighted by molar-refractivity contribution is 0.592. The highest BCUT2D eigenvalue weighted by Gasteiger charge is 2.31. The van der Waals surface area contributed by atoms with Gasteiger partial charge < -0.3 is 4.57 Å². The molecule has 0 aliphatic rings. The molecule has 1 nitrogen and oxygen atoms in total. The fourth-order valence-corrected chi connectivity index (χ4v) is 10.0. The molecule has 226 valence electrons. The van der Waals surface area contributed by atoms with E-state index in [4.69, 9.17) is 0 Å². The number of hydrogen-bond donors (Lipinski definition) is 0. The van der Waals surface area contributed by atoms with Gasteiger partial charge in [-0.3, -0.25) is 0 Å². The van der Waals surface area contributed by atoms with Crippen LogP contribution < -0.4 is 15.9 Å². The van der Waals surface area contributed by atoms with E-state index >= 15 is 4.57 Å². The van der Waals surface area contributed by atoms with Gasteiger partial charge in [0.2, 0.25) is 0 Å². The third-order valence-electron chi connectivity index (χ3n) is 9.69. The Morgan fingerprint density at radius 1 is 0.312 bits per heavy atom. The van der Waals surface area contributed by atoms with E-state index in [9.17, 15) is 0 Å². The van der Waals surface area contributed by atoms with Gasteiger partial charge in [0.15, 0.2) is 7.14 Å². The molecular formula is C46H31OP. The molecule has 0 saturated heterocycles. The standard InChI is InChI=1S/C46H31OP/c47-48(40-15-6-2-7-16-40,41-17-8-3-9-18-41)42-30-38(34-21-19-33(20-22-34)32-11-4-1-5-12-32)29-39(31-42)43-27-25-37-24-23-35-13-10-14-36-26-28-44(43)46(37)45(35)36/h1-31H. The first kappa shape index (κ1) is 28.5. The van der Waals surface area contributed by atoms with Crippen LogP contribution in [0.1, 0.15) is 0 Å². The molecular weight excluding hydrogens is 599 g/mol. The van der Waals surface area contributed by atoms with Gasteiger partial charge in [-0.25, -0.2) is 0 Å². The van der Waals surface area contributed by atoms with Crippen LogP contribution in [0.2, 0.25) is 0 Å². The zero-order valence-corrected chi connectivity index (χ0v) is 27.1.